The lowest BCUT2D eigenvalue weighted by Crippen LogP contribution is -2.52. The van der Waals surface area contributed by atoms with E-state index in [0.29, 0.717) is 6.54 Å². The van der Waals surface area contributed by atoms with Crippen LogP contribution in [0.2, 0.25) is 0 Å². The Morgan fingerprint density at radius 1 is 1.03 bits per heavy atom. The summed E-state index contributed by atoms with van der Waals surface area (Å²) in [5.41, 5.74) is 4.67. The third-order valence-corrected chi connectivity index (χ3v) is 6.32. The van der Waals surface area contributed by atoms with Gasteiger partial charge in [-0.05, 0) is 54.6 Å². The monoisotopic (exact) mass is 391 g/mol. The molecule has 2 aliphatic heterocycles. The molecule has 1 atom stereocenters. The van der Waals surface area contributed by atoms with Crippen LogP contribution in [0.1, 0.15) is 43.4 Å². The Balaban J connectivity index is 1.60. The summed E-state index contributed by atoms with van der Waals surface area (Å²) in [6.07, 6.45) is 3.24. The molecular formula is C24H29N3O2. The van der Waals surface area contributed by atoms with Crippen molar-refractivity contribution >= 4 is 17.5 Å². The first-order chi connectivity index (χ1) is 13.9. The average molecular weight is 392 g/mol. The zero-order valence-electron chi connectivity index (χ0n) is 17.3. The Morgan fingerprint density at radius 2 is 1.76 bits per heavy atom. The zero-order chi connectivity index (χ0) is 20.4. The maximum atomic E-state index is 12.4. The third-order valence-electron chi connectivity index (χ3n) is 6.32. The Hall–Kier alpha value is -2.66. The van der Waals surface area contributed by atoms with Gasteiger partial charge in [0.15, 0.2) is 0 Å². The highest BCUT2D eigenvalue weighted by atomic mass is 16.2. The number of rotatable bonds is 3. The van der Waals surface area contributed by atoms with Crippen molar-refractivity contribution in [2.75, 3.05) is 18.4 Å². The Kier molecular flexibility index (Phi) is 5.41. The van der Waals surface area contributed by atoms with Crippen LogP contribution in [0.3, 0.4) is 0 Å². The lowest BCUT2D eigenvalue weighted by atomic mass is 9.87. The van der Waals surface area contributed by atoms with Gasteiger partial charge in [-0.25, -0.2) is 0 Å². The molecule has 152 valence electrons. The molecule has 5 heteroatoms. The number of anilines is 1. The molecule has 2 amide bonds. The Labute approximate surface area is 172 Å². The quantitative estimate of drug-likeness (QED) is 0.870. The van der Waals surface area contributed by atoms with Crippen LogP contribution < -0.4 is 5.32 Å². The number of carbonyl (C=O) groups is 2. The first kappa shape index (κ1) is 19.6. The summed E-state index contributed by atoms with van der Waals surface area (Å²) in [6.45, 7) is 6.58. The molecular weight excluding hydrogens is 362 g/mol. The van der Waals surface area contributed by atoms with Gasteiger partial charge in [0.25, 0.3) is 0 Å². The molecule has 0 bridgehead atoms. The predicted octanol–water partition coefficient (Wildman–Crippen LogP) is 3.58. The standard InChI is InChI=1S/C24H29N3O2/c1-18(28)25-23-10-8-20(9-11-23)15-27-13-5-12-24(27)14-21-6-3-4-7-22(21)16-26(17-24)19(2)29/h3-4,6-11H,5,12-17H2,1-2H3,(H,25,28). The van der Waals surface area contributed by atoms with Crippen LogP contribution in [0.15, 0.2) is 48.5 Å². The minimum atomic E-state index is -0.0577. The third kappa shape index (κ3) is 4.20. The van der Waals surface area contributed by atoms with Crippen LogP contribution in [-0.4, -0.2) is 40.2 Å². The number of nitrogens with one attached hydrogen (secondary N) is 1. The molecule has 0 saturated carbocycles. The number of amides is 2. The number of carbonyl (C=O) groups excluding carboxylic acids is 2. The van der Waals surface area contributed by atoms with E-state index in [0.717, 1.165) is 44.6 Å². The Bertz CT molecular complexity index is 909. The van der Waals surface area contributed by atoms with Crippen LogP contribution in [0.5, 0.6) is 0 Å². The summed E-state index contributed by atoms with van der Waals surface area (Å²) in [5.74, 6) is 0.0882. The van der Waals surface area contributed by atoms with Crippen molar-refractivity contribution in [1.82, 2.24) is 9.80 Å². The van der Waals surface area contributed by atoms with E-state index in [2.05, 4.69) is 46.6 Å². The van der Waals surface area contributed by atoms with Gasteiger partial charge < -0.3 is 10.2 Å². The van der Waals surface area contributed by atoms with Crippen molar-refractivity contribution in [2.24, 2.45) is 0 Å². The zero-order valence-corrected chi connectivity index (χ0v) is 17.3. The van der Waals surface area contributed by atoms with Crippen molar-refractivity contribution in [3.63, 3.8) is 0 Å². The number of benzene rings is 2. The van der Waals surface area contributed by atoms with E-state index in [4.69, 9.17) is 0 Å². The highest BCUT2D eigenvalue weighted by Crippen LogP contribution is 2.38. The predicted molar refractivity (Wildman–Crippen MR) is 114 cm³/mol. The first-order valence-corrected chi connectivity index (χ1v) is 10.4. The molecule has 2 aliphatic rings. The molecule has 0 aliphatic carbocycles. The maximum absolute atomic E-state index is 12.4. The molecule has 0 aromatic heterocycles. The molecule has 1 fully saturated rings. The van der Waals surface area contributed by atoms with Crippen LogP contribution in [-0.2, 0) is 29.1 Å². The molecule has 4 rings (SSSR count). The van der Waals surface area contributed by atoms with Gasteiger partial charge in [-0.3, -0.25) is 14.5 Å². The van der Waals surface area contributed by atoms with Crippen molar-refractivity contribution in [3.8, 4) is 0 Å². The summed E-state index contributed by atoms with van der Waals surface area (Å²) in [5, 5.41) is 2.82. The normalized spacial score (nSPS) is 21.7. The molecule has 1 N–H and O–H groups in total. The average Bonchev–Trinajstić information content (AvgIpc) is 2.95. The SMILES string of the molecule is CC(=O)Nc1ccc(CN2CCCC23Cc2ccccc2CN(C(C)=O)C3)cc1. The van der Waals surface area contributed by atoms with Crippen LogP contribution in [0.4, 0.5) is 5.69 Å². The number of likely N-dealkylation sites (tertiary alicyclic amines) is 1. The van der Waals surface area contributed by atoms with Gasteiger partial charge in [0.05, 0.1) is 0 Å². The van der Waals surface area contributed by atoms with Crippen molar-refractivity contribution < 1.29 is 9.59 Å². The maximum Gasteiger partial charge on any atom is 0.221 e. The van der Waals surface area contributed by atoms with E-state index >= 15 is 0 Å². The molecule has 1 spiro atoms. The van der Waals surface area contributed by atoms with Gasteiger partial charge >= 0.3 is 0 Å². The number of hydrogen-bond donors (Lipinski definition) is 1. The smallest absolute Gasteiger partial charge is 0.221 e. The molecule has 1 unspecified atom stereocenters. The molecule has 5 nitrogen and oxygen atoms in total. The van der Waals surface area contributed by atoms with Gasteiger partial charge in [-0.2, -0.15) is 0 Å². The lowest BCUT2D eigenvalue weighted by Gasteiger charge is -2.40. The molecule has 2 aromatic rings. The fraction of sp³-hybridized carbons (Fsp3) is 0.417. The number of nitrogens with zero attached hydrogens (tertiary/aromatic N) is 2. The van der Waals surface area contributed by atoms with Crippen molar-refractivity contribution in [2.45, 2.75) is 51.7 Å². The van der Waals surface area contributed by atoms with E-state index in [-0.39, 0.29) is 17.4 Å². The summed E-state index contributed by atoms with van der Waals surface area (Å²) in [6, 6.07) is 16.7. The number of fused-ring (bicyclic) bond motifs is 1. The van der Waals surface area contributed by atoms with E-state index in [1.54, 1.807) is 6.92 Å². The fourth-order valence-electron chi connectivity index (χ4n) is 4.87. The van der Waals surface area contributed by atoms with Gasteiger partial charge in [-0.1, -0.05) is 36.4 Å². The van der Waals surface area contributed by atoms with Crippen molar-refractivity contribution in [1.29, 1.82) is 0 Å². The van der Waals surface area contributed by atoms with Gasteiger partial charge in [0, 0.05) is 44.7 Å². The summed E-state index contributed by atoms with van der Waals surface area (Å²) >= 11 is 0. The second-order valence-electron chi connectivity index (χ2n) is 8.45. The largest absolute Gasteiger partial charge is 0.337 e. The first-order valence-electron chi connectivity index (χ1n) is 10.4. The minimum Gasteiger partial charge on any atom is -0.337 e. The summed E-state index contributed by atoms with van der Waals surface area (Å²) in [7, 11) is 0. The highest BCUT2D eigenvalue weighted by Gasteiger charge is 2.44. The van der Waals surface area contributed by atoms with Crippen LogP contribution in [0.25, 0.3) is 0 Å². The Morgan fingerprint density at radius 3 is 2.45 bits per heavy atom. The lowest BCUT2D eigenvalue weighted by molar-refractivity contribution is -0.131. The molecule has 2 heterocycles. The fourth-order valence-corrected chi connectivity index (χ4v) is 4.87. The van der Waals surface area contributed by atoms with E-state index in [1.807, 2.05) is 17.0 Å². The summed E-state index contributed by atoms with van der Waals surface area (Å²) in [4.78, 5) is 28.2. The van der Waals surface area contributed by atoms with E-state index in [1.165, 1.54) is 23.6 Å². The molecule has 1 saturated heterocycles. The van der Waals surface area contributed by atoms with E-state index in [9.17, 15) is 9.59 Å². The van der Waals surface area contributed by atoms with Crippen LogP contribution >= 0.6 is 0 Å². The van der Waals surface area contributed by atoms with E-state index < -0.39 is 0 Å². The van der Waals surface area contributed by atoms with Gasteiger partial charge in [0.1, 0.15) is 0 Å². The van der Waals surface area contributed by atoms with Crippen LogP contribution in [0, 0.1) is 0 Å². The van der Waals surface area contributed by atoms with Gasteiger partial charge in [-0.15, -0.1) is 0 Å². The highest BCUT2D eigenvalue weighted by molar-refractivity contribution is 5.88. The van der Waals surface area contributed by atoms with Gasteiger partial charge in [0.2, 0.25) is 11.8 Å². The van der Waals surface area contributed by atoms with Crippen molar-refractivity contribution in [3.05, 3.63) is 65.2 Å². The molecule has 0 radical (unpaired) electrons. The number of hydrogen-bond acceptors (Lipinski definition) is 3. The topological polar surface area (TPSA) is 52.7 Å². The molecule has 2 aromatic carbocycles. The second kappa shape index (κ2) is 7.99. The second-order valence-corrected chi connectivity index (χ2v) is 8.45. The molecule has 29 heavy (non-hydrogen) atoms. The summed E-state index contributed by atoms with van der Waals surface area (Å²) < 4.78 is 0. The minimum absolute atomic E-state index is 0.0193.